The molecule has 2 aromatic rings. The van der Waals surface area contributed by atoms with E-state index in [9.17, 15) is 9.59 Å². The van der Waals surface area contributed by atoms with Gasteiger partial charge < -0.3 is 15.1 Å². The van der Waals surface area contributed by atoms with Crippen LogP contribution < -0.4 is 4.90 Å². The molecular weight excluding hydrogens is 346 g/mol. The molecule has 2 N–H and O–H groups in total. The molecule has 0 saturated carbocycles. The van der Waals surface area contributed by atoms with Crippen molar-refractivity contribution in [2.24, 2.45) is 5.92 Å². The summed E-state index contributed by atoms with van der Waals surface area (Å²) in [5.74, 6) is -3.41. The molecule has 1 aliphatic rings. The Morgan fingerprint density at radius 3 is 2.56 bits per heavy atom. The molecule has 7 heteroatoms. The van der Waals surface area contributed by atoms with E-state index in [1.807, 2.05) is 12.1 Å². The van der Waals surface area contributed by atoms with Crippen LogP contribution in [0.15, 0.2) is 42.7 Å². The van der Waals surface area contributed by atoms with E-state index in [-0.39, 0.29) is 6.42 Å². The second kappa shape index (κ2) is 7.99. The number of hydrogen-bond donors (Lipinski definition) is 2. The van der Waals surface area contributed by atoms with Crippen molar-refractivity contribution in [1.29, 1.82) is 0 Å². The second-order valence-corrected chi connectivity index (χ2v) is 6.46. The van der Waals surface area contributed by atoms with E-state index < -0.39 is 17.9 Å². The molecule has 1 aromatic heterocycles. The number of nitrogens with zero attached hydrogens (tertiary/aromatic N) is 3. The molecular formula is C20H21N3O4. The van der Waals surface area contributed by atoms with Crippen LogP contribution in [0.4, 0.5) is 11.6 Å². The number of benzene rings is 1. The smallest absolute Gasteiger partial charge is 0.318 e. The van der Waals surface area contributed by atoms with Crippen LogP contribution in [0, 0.1) is 12.8 Å². The first-order chi connectivity index (χ1) is 13.0. The Bertz CT molecular complexity index is 866. The summed E-state index contributed by atoms with van der Waals surface area (Å²) in [7, 11) is 0. The number of allylic oxidation sites excluding steroid dienone is 2. The fourth-order valence-electron chi connectivity index (χ4n) is 3.32. The highest BCUT2D eigenvalue weighted by Crippen LogP contribution is 2.38. The first-order valence-electron chi connectivity index (χ1n) is 8.75. The van der Waals surface area contributed by atoms with Gasteiger partial charge in [-0.15, -0.1) is 0 Å². The highest BCUT2D eigenvalue weighted by molar-refractivity contribution is 5.93. The minimum atomic E-state index is -1.42. The zero-order valence-corrected chi connectivity index (χ0v) is 15.0. The lowest BCUT2D eigenvalue weighted by Gasteiger charge is -2.20. The van der Waals surface area contributed by atoms with E-state index in [1.165, 1.54) is 11.1 Å². The predicted molar refractivity (Wildman–Crippen MR) is 100 cm³/mol. The molecule has 0 atom stereocenters. The third-order valence-corrected chi connectivity index (χ3v) is 4.72. The number of aryl methyl sites for hydroxylation is 1. The predicted octanol–water partition coefficient (Wildman–Crippen LogP) is 2.75. The Balaban J connectivity index is 1.82. The number of hydrogen-bond acceptors (Lipinski definition) is 5. The Morgan fingerprint density at radius 1 is 1.19 bits per heavy atom. The van der Waals surface area contributed by atoms with Gasteiger partial charge in [-0.1, -0.05) is 24.3 Å². The molecule has 0 aliphatic carbocycles. The lowest BCUT2D eigenvalue weighted by molar-refractivity contribution is -0.154. The molecule has 27 heavy (non-hydrogen) atoms. The van der Waals surface area contributed by atoms with Crippen LogP contribution >= 0.6 is 0 Å². The topological polar surface area (TPSA) is 104 Å². The zero-order valence-electron chi connectivity index (χ0n) is 15.0. The Kier molecular flexibility index (Phi) is 5.49. The minimum absolute atomic E-state index is 0.0375. The summed E-state index contributed by atoms with van der Waals surface area (Å²) in [6, 6.07) is 5.90. The molecule has 0 fully saturated rings. The quantitative estimate of drug-likeness (QED) is 0.573. The molecule has 140 valence electrons. The van der Waals surface area contributed by atoms with Gasteiger partial charge >= 0.3 is 11.9 Å². The first kappa shape index (κ1) is 18.6. The van der Waals surface area contributed by atoms with Gasteiger partial charge in [0.25, 0.3) is 0 Å². The van der Waals surface area contributed by atoms with Crippen LogP contribution in [0.3, 0.4) is 0 Å². The molecule has 2 heterocycles. The summed E-state index contributed by atoms with van der Waals surface area (Å²) in [6.45, 7) is 2.89. The van der Waals surface area contributed by atoms with Crippen LogP contribution in [0.2, 0.25) is 0 Å². The summed E-state index contributed by atoms with van der Waals surface area (Å²) < 4.78 is 0. The SMILES string of the molecule is Cc1ccc(C/C=C/CC(C(=O)O)C(=O)O)c2c1CCN2c1ncccn1. The monoisotopic (exact) mass is 367 g/mol. The summed E-state index contributed by atoms with van der Waals surface area (Å²) in [4.78, 5) is 32.7. The molecule has 1 aromatic carbocycles. The normalized spacial score (nSPS) is 13.3. The standard InChI is InChI=1S/C20H21N3O4/c1-13-7-8-14(5-2-3-6-16(18(24)25)19(26)27)17-15(13)9-12-23(17)20-21-10-4-11-22-20/h2-4,7-8,10-11,16H,5-6,9,12H2,1H3,(H,24,25)(H,26,27)/b3-2+. The van der Waals surface area contributed by atoms with Crippen molar-refractivity contribution >= 4 is 23.6 Å². The van der Waals surface area contributed by atoms with E-state index in [4.69, 9.17) is 10.2 Å². The van der Waals surface area contributed by atoms with Crippen molar-refractivity contribution in [2.75, 3.05) is 11.4 Å². The van der Waals surface area contributed by atoms with Gasteiger partial charge in [-0.2, -0.15) is 0 Å². The molecule has 0 saturated heterocycles. The molecule has 0 amide bonds. The fourth-order valence-corrected chi connectivity index (χ4v) is 3.32. The largest absolute Gasteiger partial charge is 0.481 e. The third-order valence-electron chi connectivity index (χ3n) is 4.72. The summed E-state index contributed by atoms with van der Waals surface area (Å²) in [6.07, 6.45) is 8.34. The van der Waals surface area contributed by atoms with E-state index in [0.29, 0.717) is 12.4 Å². The van der Waals surface area contributed by atoms with Crippen molar-refractivity contribution in [3.05, 3.63) is 59.4 Å². The van der Waals surface area contributed by atoms with Crippen molar-refractivity contribution in [1.82, 2.24) is 9.97 Å². The Hall–Kier alpha value is -3.22. The van der Waals surface area contributed by atoms with Gasteiger partial charge in [0.05, 0.1) is 5.69 Å². The molecule has 7 nitrogen and oxygen atoms in total. The van der Waals surface area contributed by atoms with Crippen molar-refractivity contribution < 1.29 is 19.8 Å². The van der Waals surface area contributed by atoms with Gasteiger partial charge in [0.15, 0.2) is 5.92 Å². The average molecular weight is 367 g/mol. The van der Waals surface area contributed by atoms with Gasteiger partial charge in [0, 0.05) is 18.9 Å². The maximum absolute atomic E-state index is 11.0. The maximum atomic E-state index is 11.0. The number of anilines is 2. The highest BCUT2D eigenvalue weighted by Gasteiger charge is 2.26. The summed E-state index contributed by atoms with van der Waals surface area (Å²) >= 11 is 0. The fraction of sp³-hybridized carbons (Fsp3) is 0.300. The van der Waals surface area contributed by atoms with Crippen molar-refractivity contribution in [3.63, 3.8) is 0 Å². The van der Waals surface area contributed by atoms with E-state index >= 15 is 0 Å². The Morgan fingerprint density at radius 2 is 1.89 bits per heavy atom. The second-order valence-electron chi connectivity index (χ2n) is 6.46. The van der Waals surface area contributed by atoms with E-state index in [1.54, 1.807) is 24.5 Å². The first-order valence-corrected chi connectivity index (χ1v) is 8.75. The van der Waals surface area contributed by atoms with Crippen LogP contribution in [0.1, 0.15) is 23.1 Å². The number of aliphatic carboxylic acids is 2. The number of aromatic nitrogens is 2. The molecule has 3 rings (SSSR count). The van der Waals surface area contributed by atoms with E-state index in [0.717, 1.165) is 24.2 Å². The lowest BCUT2D eigenvalue weighted by Crippen LogP contribution is -2.22. The summed E-state index contributed by atoms with van der Waals surface area (Å²) in [5, 5.41) is 17.9. The van der Waals surface area contributed by atoms with Crippen molar-refractivity contribution in [3.8, 4) is 0 Å². The van der Waals surface area contributed by atoms with Crippen LogP contribution in [0.25, 0.3) is 0 Å². The summed E-state index contributed by atoms with van der Waals surface area (Å²) in [5.41, 5.74) is 4.66. The van der Waals surface area contributed by atoms with E-state index in [2.05, 4.69) is 27.9 Å². The Labute approximate surface area is 157 Å². The van der Waals surface area contributed by atoms with Gasteiger partial charge in [-0.25, -0.2) is 9.97 Å². The molecule has 0 bridgehead atoms. The van der Waals surface area contributed by atoms with Crippen LogP contribution in [0.5, 0.6) is 0 Å². The number of rotatable bonds is 7. The highest BCUT2D eigenvalue weighted by atomic mass is 16.4. The maximum Gasteiger partial charge on any atom is 0.318 e. The minimum Gasteiger partial charge on any atom is -0.481 e. The third kappa shape index (κ3) is 3.97. The average Bonchev–Trinajstić information content (AvgIpc) is 3.09. The van der Waals surface area contributed by atoms with Crippen LogP contribution in [-0.4, -0.2) is 38.7 Å². The van der Waals surface area contributed by atoms with Gasteiger partial charge in [-0.3, -0.25) is 9.59 Å². The van der Waals surface area contributed by atoms with Gasteiger partial charge in [-0.05, 0) is 48.9 Å². The molecule has 1 aliphatic heterocycles. The van der Waals surface area contributed by atoms with Gasteiger partial charge in [0.2, 0.25) is 5.95 Å². The number of fused-ring (bicyclic) bond motifs is 1. The van der Waals surface area contributed by atoms with Gasteiger partial charge in [0.1, 0.15) is 0 Å². The zero-order chi connectivity index (χ0) is 19.4. The number of carboxylic acid groups (broad SMARTS) is 2. The number of carbonyl (C=O) groups is 2. The lowest BCUT2D eigenvalue weighted by atomic mass is 9.99. The molecule has 0 radical (unpaired) electrons. The number of carboxylic acids is 2. The molecule has 0 spiro atoms. The molecule has 0 unspecified atom stereocenters. The van der Waals surface area contributed by atoms with Crippen molar-refractivity contribution in [2.45, 2.75) is 26.2 Å². The van der Waals surface area contributed by atoms with Crippen LogP contribution in [-0.2, 0) is 22.4 Å².